The topological polar surface area (TPSA) is 145 Å². The molecule has 5 aliphatic carbocycles. The maximum absolute atomic E-state index is 14.3. The second-order valence-corrected chi connectivity index (χ2v) is 18.7. The Bertz CT molecular complexity index is 1740. The molecule has 5 aliphatic rings. The third kappa shape index (κ3) is 6.65. The van der Waals surface area contributed by atoms with Crippen LogP contribution < -0.4 is 15.4 Å². The molecule has 0 radical (unpaired) electrons. The molecule has 0 aromatic heterocycles. The molecule has 9 unspecified atom stereocenters. The van der Waals surface area contributed by atoms with Crippen molar-refractivity contribution in [3.8, 4) is 5.75 Å². The van der Waals surface area contributed by atoms with Gasteiger partial charge in [-0.15, -0.1) is 0 Å². The predicted octanol–water partition coefficient (Wildman–Crippen LogP) is 7.52. The van der Waals surface area contributed by atoms with Crippen LogP contribution in [0.15, 0.2) is 42.5 Å². The van der Waals surface area contributed by atoms with Crippen LogP contribution in [0.3, 0.4) is 0 Å². The van der Waals surface area contributed by atoms with Crippen LogP contribution in [0.1, 0.15) is 137 Å². The van der Waals surface area contributed by atoms with Gasteiger partial charge in [-0.3, -0.25) is 9.59 Å². The quantitative estimate of drug-likeness (QED) is 0.150. The lowest BCUT2D eigenvalue weighted by Gasteiger charge is -2.69. The van der Waals surface area contributed by atoms with E-state index in [1.165, 1.54) is 31.7 Å². The first-order valence-corrected chi connectivity index (χ1v) is 20.7. The average Bonchev–Trinajstić information content (AvgIpc) is 3.61. The molecule has 0 saturated heterocycles. The number of carbonyl (C=O) groups excluding carboxylic acids is 2. The fourth-order valence-corrected chi connectivity index (χ4v) is 13.3. The molecule has 5 saturated carbocycles. The fraction of sp³-hybridized carbons (Fsp3) is 0.667. The van der Waals surface area contributed by atoms with Crippen molar-refractivity contribution in [1.82, 2.24) is 10.6 Å². The summed E-state index contributed by atoms with van der Waals surface area (Å²) in [5, 5.41) is 35.9. The number of carboxylic acid groups (broad SMARTS) is 1. The van der Waals surface area contributed by atoms with Crippen molar-refractivity contribution in [2.75, 3.05) is 13.2 Å². The number of rotatable bonds is 11. The van der Waals surface area contributed by atoms with E-state index in [1.807, 2.05) is 18.2 Å². The van der Waals surface area contributed by atoms with Gasteiger partial charge < -0.3 is 30.7 Å². The Balaban J connectivity index is 0.980. The lowest BCUT2D eigenvalue weighted by Crippen LogP contribution is -2.63. The Morgan fingerprint density at radius 3 is 2.33 bits per heavy atom. The largest absolute Gasteiger partial charge is 0.493 e. The maximum Gasteiger partial charge on any atom is 0.339 e. The van der Waals surface area contributed by atoms with Crippen LogP contribution >= 0.6 is 0 Å². The summed E-state index contributed by atoms with van der Waals surface area (Å²) in [4.78, 5) is 39.3. The summed E-state index contributed by atoms with van der Waals surface area (Å²) in [6.07, 6.45) is 12.4. The SMILES string of the molecule is CC1(C)C(O)CCC2(C)C1CCC1(C)C3CCC4(C(=O)NCc5cccc(C(=O)NCc6ccc(OCCCO)c(C(=O)O)c6)c5)CCCC4C3CCC12. The van der Waals surface area contributed by atoms with Gasteiger partial charge in [-0.2, -0.15) is 0 Å². The van der Waals surface area contributed by atoms with Crippen molar-refractivity contribution < 1.29 is 34.4 Å². The van der Waals surface area contributed by atoms with E-state index >= 15 is 0 Å². The normalized spacial score (nSPS) is 35.1. The van der Waals surface area contributed by atoms with Crippen molar-refractivity contribution in [1.29, 1.82) is 0 Å². The number of carboxylic acids is 1. The number of hydrogen-bond donors (Lipinski definition) is 5. The van der Waals surface area contributed by atoms with Gasteiger partial charge in [-0.25, -0.2) is 4.79 Å². The molecule has 54 heavy (non-hydrogen) atoms. The highest BCUT2D eigenvalue weighted by Crippen LogP contribution is 2.73. The zero-order valence-corrected chi connectivity index (χ0v) is 32.8. The van der Waals surface area contributed by atoms with Crippen molar-refractivity contribution in [2.24, 2.45) is 51.2 Å². The number of fused-ring (bicyclic) bond motifs is 7. The van der Waals surface area contributed by atoms with E-state index in [1.54, 1.807) is 18.2 Å². The molecule has 2 aromatic carbocycles. The van der Waals surface area contributed by atoms with Crippen LogP contribution in [-0.4, -0.2) is 52.4 Å². The third-order valence-corrected chi connectivity index (χ3v) is 15.9. The third-order valence-electron chi connectivity index (χ3n) is 15.9. The molecule has 9 heteroatoms. The zero-order chi connectivity index (χ0) is 38.5. The standard InChI is InChI=1S/C45H62N2O7/c1-42(2)36-16-19-43(3)33-15-21-45(18-6-10-34(45)31(33)12-14-37(43)44(36,4)20-17-38(42)49)41(53)47-27-28-8-5-9-30(24-28)39(50)46-26-29-11-13-35(54-23-7-22-48)32(25-29)40(51)52/h5,8-9,11,13,24-25,31,33-34,36-38,48-49H,6-7,10,12,14-23,26-27H2,1-4H3,(H,46,50)(H,47,53)(H,51,52). The van der Waals surface area contributed by atoms with Crippen LogP contribution in [0.25, 0.3) is 0 Å². The molecule has 0 spiro atoms. The number of benzene rings is 2. The number of aliphatic hydroxyl groups excluding tert-OH is 2. The Morgan fingerprint density at radius 2 is 1.56 bits per heavy atom. The van der Waals surface area contributed by atoms with Gasteiger partial charge in [0.2, 0.25) is 5.91 Å². The molecule has 294 valence electrons. The van der Waals surface area contributed by atoms with E-state index in [0.717, 1.165) is 50.5 Å². The molecule has 7 rings (SSSR count). The summed E-state index contributed by atoms with van der Waals surface area (Å²) in [6.45, 7) is 10.5. The predicted molar refractivity (Wildman–Crippen MR) is 207 cm³/mol. The second-order valence-electron chi connectivity index (χ2n) is 18.7. The lowest BCUT2D eigenvalue weighted by molar-refractivity contribution is -0.214. The number of carbonyl (C=O) groups is 3. The minimum absolute atomic E-state index is 0.00309. The van der Waals surface area contributed by atoms with Gasteiger partial charge in [0.15, 0.2) is 0 Å². The van der Waals surface area contributed by atoms with Crippen LogP contribution in [0.2, 0.25) is 0 Å². The first-order valence-electron chi connectivity index (χ1n) is 20.7. The highest BCUT2D eigenvalue weighted by Gasteiger charge is 2.67. The van der Waals surface area contributed by atoms with Crippen molar-refractivity contribution in [3.05, 3.63) is 64.7 Å². The van der Waals surface area contributed by atoms with E-state index in [9.17, 15) is 24.6 Å². The summed E-state index contributed by atoms with van der Waals surface area (Å²) in [5.41, 5.74) is 2.17. The molecule has 0 aliphatic heterocycles. The van der Waals surface area contributed by atoms with Gasteiger partial charge >= 0.3 is 5.97 Å². The Kier molecular flexibility index (Phi) is 10.7. The molecule has 0 heterocycles. The van der Waals surface area contributed by atoms with Gasteiger partial charge in [0, 0.05) is 31.7 Å². The zero-order valence-electron chi connectivity index (χ0n) is 32.8. The first kappa shape index (κ1) is 38.8. The lowest BCUT2D eigenvalue weighted by atomic mass is 9.36. The van der Waals surface area contributed by atoms with Crippen LogP contribution in [0.4, 0.5) is 0 Å². The second kappa shape index (κ2) is 14.9. The monoisotopic (exact) mass is 742 g/mol. The minimum Gasteiger partial charge on any atom is -0.493 e. The maximum atomic E-state index is 14.3. The van der Waals surface area contributed by atoms with Crippen LogP contribution in [-0.2, 0) is 17.9 Å². The summed E-state index contributed by atoms with van der Waals surface area (Å²) in [7, 11) is 0. The molecule has 5 fully saturated rings. The van der Waals surface area contributed by atoms with Crippen molar-refractivity contribution in [3.63, 3.8) is 0 Å². The van der Waals surface area contributed by atoms with Gasteiger partial charge in [-0.1, -0.05) is 52.3 Å². The van der Waals surface area contributed by atoms with E-state index in [4.69, 9.17) is 9.84 Å². The van der Waals surface area contributed by atoms with Gasteiger partial charge in [0.1, 0.15) is 11.3 Å². The molecule has 9 atom stereocenters. The summed E-state index contributed by atoms with van der Waals surface area (Å²) in [5.74, 6) is 1.89. The smallest absolute Gasteiger partial charge is 0.339 e. The number of amides is 2. The first-order chi connectivity index (χ1) is 25.7. The van der Waals surface area contributed by atoms with E-state index in [2.05, 4.69) is 38.3 Å². The van der Waals surface area contributed by atoms with E-state index in [0.29, 0.717) is 53.7 Å². The summed E-state index contributed by atoms with van der Waals surface area (Å²) in [6, 6.07) is 12.1. The Labute approximate surface area is 321 Å². The van der Waals surface area contributed by atoms with Crippen molar-refractivity contribution >= 4 is 17.8 Å². The van der Waals surface area contributed by atoms with Gasteiger partial charge in [-0.05, 0) is 145 Å². The van der Waals surface area contributed by atoms with Crippen molar-refractivity contribution in [2.45, 2.75) is 124 Å². The van der Waals surface area contributed by atoms with Gasteiger partial charge in [0.25, 0.3) is 5.91 Å². The highest BCUT2D eigenvalue weighted by molar-refractivity contribution is 5.94. The Hall–Kier alpha value is -3.43. The van der Waals surface area contributed by atoms with Gasteiger partial charge in [0.05, 0.1) is 18.1 Å². The van der Waals surface area contributed by atoms with Crippen LogP contribution in [0, 0.1) is 51.2 Å². The fourth-order valence-electron chi connectivity index (χ4n) is 13.3. The molecular formula is C45H62N2O7. The molecule has 2 amide bonds. The average molecular weight is 743 g/mol. The number of ether oxygens (including phenoxy) is 1. The summed E-state index contributed by atoms with van der Waals surface area (Å²) >= 11 is 0. The number of aromatic carboxylic acids is 1. The number of hydrogen-bond acceptors (Lipinski definition) is 6. The highest BCUT2D eigenvalue weighted by atomic mass is 16.5. The molecular weight excluding hydrogens is 681 g/mol. The molecule has 5 N–H and O–H groups in total. The Morgan fingerprint density at radius 1 is 0.796 bits per heavy atom. The molecule has 0 bridgehead atoms. The van der Waals surface area contributed by atoms with Crippen LogP contribution in [0.5, 0.6) is 5.75 Å². The minimum atomic E-state index is -1.13. The molecule has 2 aromatic rings. The van der Waals surface area contributed by atoms with E-state index < -0.39 is 5.97 Å². The summed E-state index contributed by atoms with van der Waals surface area (Å²) < 4.78 is 5.51. The van der Waals surface area contributed by atoms with E-state index in [-0.39, 0.29) is 70.6 Å². The molecule has 9 nitrogen and oxygen atoms in total. The number of nitrogens with one attached hydrogen (secondary N) is 2. The number of aliphatic hydroxyl groups is 2.